The first kappa shape index (κ1) is 14.1. The average molecular weight is 240 g/mol. The molecule has 0 bridgehead atoms. The van der Waals surface area contributed by atoms with Crippen molar-refractivity contribution in [3.8, 4) is 0 Å². The van der Waals surface area contributed by atoms with E-state index in [2.05, 4.69) is 5.43 Å². The van der Waals surface area contributed by atoms with Crippen LogP contribution in [-0.2, 0) is 4.74 Å². The third-order valence-corrected chi connectivity index (χ3v) is 3.00. The third-order valence-electron chi connectivity index (χ3n) is 3.00. The molecule has 2 atom stereocenters. The molecule has 0 amide bonds. The Hall–Kier alpha value is -0.970. The van der Waals surface area contributed by atoms with E-state index in [0.717, 1.165) is 11.1 Å². The minimum Gasteiger partial charge on any atom is -0.382 e. The van der Waals surface area contributed by atoms with Gasteiger partial charge in [0.25, 0.3) is 0 Å². The van der Waals surface area contributed by atoms with E-state index in [-0.39, 0.29) is 18.0 Å². The molecule has 17 heavy (non-hydrogen) atoms. The number of aryl methyl sites for hydroxylation is 2. The van der Waals surface area contributed by atoms with Gasteiger partial charge in [-0.15, -0.1) is 0 Å². The highest BCUT2D eigenvalue weighted by Crippen LogP contribution is 2.26. The summed E-state index contributed by atoms with van der Waals surface area (Å²) in [4.78, 5) is 0. The molecule has 2 unspecified atom stereocenters. The van der Waals surface area contributed by atoms with E-state index in [1.165, 1.54) is 6.07 Å². The number of hydrogen-bond donors (Lipinski definition) is 2. The molecule has 0 saturated heterocycles. The van der Waals surface area contributed by atoms with E-state index in [1.807, 2.05) is 26.8 Å². The van der Waals surface area contributed by atoms with Crippen molar-refractivity contribution in [1.82, 2.24) is 5.43 Å². The first-order valence-electron chi connectivity index (χ1n) is 5.75. The van der Waals surface area contributed by atoms with Crippen molar-refractivity contribution < 1.29 is 9.13 Å². The highest BCUT2D eigenvalue weighted by molar-refractivity contribution is 5.34. The van der Waals surface area contributed by atoms with Crippen LogP contribution in [0, 0.1) is 19.7 Å². The molecule has 0 aliphatic rings. The van der Waals surface area contributed by atoms with E-state index in [9.17, 15) is 4.39 Å². The summed E-state index contributed by atoms with van der Waals surface area (Å²) in [5.74, 6) is 5.30. The number of ether oxygens (including phenoxy) is 1. The first-order chi connectivity index (χ1) is 7.99. The lowest BCUT2D eigenvalue weighted by Crippen LogP contribution is -2.32. The van der Waals surface area contributed by atoms with Gasteiger partial charge >= 0.3 is 0 Å². The molecule has 0 aliphatic heterocycles. The largest absolute Gasteiger partial charge is 0.382 e. The highest BCUT2D eigenvalue weighted by Gasteiger charge is 2.19. The van der Waals surface area contributed by atoms with Gasteiger partial charge < -0.3 is 4.74 Å². The topological polar surface area (TPSA) is 47.3 Å². The summed E-state index contributed by atoms with van der Waals surface area (Å²) < 4.78 is 19.2. The second kappa shape index (κ2) is 6.10. The lowest BCUT2D eigenvalue weighted by atomic mass is 9.95. The maximum atomic E-state index is 14.0. The Morgan fingerprint density at radius 2 is 2.06 bits per heavy atom. The lowest BCUT2D eigenvalue weighted by Gasteiger charge is -2.22. The summed E-state index contributed by atoms with van der Waals surface area (Å²) in [6, 6.07) is 3.26. The molecule has 4 heteroatoms. The normalized spacial score (nSPS) is 14.7. The number of rotatable bonds is 5. The summed E-state index contributed by atoms with van der Waals surface area (Å²) in [6.45, 7) is 5.71. The zero-order valence-electron chi connectivity index (χ0n) is 10.9. The second-order valence-corrected chi connectivity index (χ2v) is 4.48. The van der Waals surface area contributed by atoms with Gasteiger partial charge in [0.15, 0.2) is 0 Å². The smallest absolute Gasteiger partial charge is 0.128 e. The number of nitrogens with two attached hydrogens (primary N) is 1. The number of hydrazine groups is 1. The fraction of sp³-hybridized carbons (Fsp3) is 0.538. The zero-order valence-corrected chi connectivity index (χ0v) is 10.9. The molecule has 1 aromatic carbocycles. The Kier molecular flexibility index (Phi) is 5.05. The van der Waals surface area contributed by atoms with Crippen molar-refractivity contribution in [3.05, 3.63) is 34.6 Å². The van der Waals surface area contributed by atoms with Crippen LogP contribution in [0.5, 0.6) is 0 Å². The molecule has 0 heterocycles. The van der Waals surface area contributed by atoms with E-state index < -0.39 is 0 Å². The van der Waals surface area contributed by atoms with Crippen molar-refractivity contribution >= 4 is 0 Å². The Balaban J connectivity index is 3.03. The minimum atomic E-state index is -0.231. The first-order valence-corrected chi connectivity index (χ1v) is 5.75. The predicted octanol–water partition coefficient (Wildman–Crippen LogP) is 2.37. The Labute approximate surface area is 102 Å². The molecule has 0 aromatic heterocycles. The van der Waals surface area contributed by atoms with E-state index in [1.54, 1.807) is 7.11 Å². The fourth-order valence-corrected chi connectivity index (χ4v) is 2.07. The molecule has 1 aromatic rings. The van der Waals surface area contributed by atoms with Crippen LogP contribution in [0.15, 0.2) is 12.1 Å². The van der Waals surface area contributed by atoms with Gasteiger partial charge in [0.05, 0.1) is 12.1 Å². The van der Waals surface area contributed by atoms with Gasteiger partial charge in [0.1, 0.15) is 5.82 Å². The molecule has 3 nitrogen and oxygen atoms in total. The Bertz CT molecular complexity index is 359. The predicted molar refractivity (Wildman–Crippen MR) is 67.0 cm³/mol. The van der Waals surface area contributed by atoms with Gasteiger partial charge in [-0.3, -0.25) is 11.3 Å². The van der Waals surface area contributed by atoms with Gasteiger partial charge in [-0.2, -0.15) is 0 Å². The summed E-state index contributed by atoms with van der Waals surface area (Å²) in [5.41, 5.74) is 5.12. The second-order valence-electron chi connectivity index (χ2n) is 4.48. The van der Waals surface area contributed by atoms with Crippen LogP contribution in [0.3, 0.4) is 0 Å². The van der Waals surface area contributed by atoms with Crippen LogP contribution in [0.4, 0.5) is 4.39 Å². The maximum Gasteiger partial charge on any atom is 0.128 e. The molecule has 0 saturated carbocycles. The van der Waals surface area contributed by atoms with Crippen molar-refractivity contribution in [2.75, 3.05) is 7.11 Å². The average Bonchev–Trinajstić information content (AvgIpc) is 2.25. The van der Waals surface area contributed by atoms with Crippen molar-refractivity contribution in [2.45, 2.75) is 39.3 Å². The van der Waals surface area contributed by atoms with Gasteiger partial charge in [0.2, 0.25) is 0 Å². The summed E-state index contributed by atoms with van der Waals surface area (Å²) in [6.07, 6.45) is 0.657. The SMILES string of the molecule is COC(C)CC(NN)c1c(C)cc(C)cc1F. The lowest BCUT2D eigenvalue weighted by molar-refractivity contribution is 0.0999. The molecule has 3 N–H and O–H groups in total. The molecule has 0 radical (unpaired) electrons. The number of halogens is 1. The van der Waals surface area contributed by atoms with Crippen molar-refractivity contribution in [2.24, 2.45) is 5.84 Å². The maximum absolute atomic E-state index is 14.0. The Morgan fingerprint density at radius 3 is 2.53 bits per heavy atom. The monoisotopic (exact) mass is 240 g/mol. The Morgan fingerprint density at radius 1 is 1.41 bits per heavy atom. The summed E-state index contributed by atoms with van der Waals surface area (Å²) in [5, 5.41) is 0. The highest BCUT2D eigenvalue weighted by atomic mass is 19.1. The molecule has 0 fully saturated rings. The molecule has 0 aliphatic carbocycles. The van der Waals surface area contributed by atoms with Gasteiger partial charge in [0, 0.05) is 12.7 Å². The van der Waals surface area contributed by atoms with Gasteiger partial charge in [-0.25, -0.2) is 4.39 Å². The van der Waals surface area contributed by atoms with Crippen LogP contribution < -0.4 is 11.3 Å². The van der Waals surface area contributed by atoms with Crippen LogP contribution in [-0.4, -0.2) is 13.2 Å². The third kappa shape index (κ3) is 3.49. The zero-order chi connectivity index (χ0) is 13.0. The standard InChI is InChI=1S/C13H21FN2O/c1-8-5-9(2)13(11(14)6-8)12(16-15)7-10(3)17-4/h5-6,10,12,16H,7,15H2,1-4H3. The van der Waals surface area contributed by atoms with Crippen LogP contribution in [0.1, 0.15) is 36.1 Å². The van der Waals surface area contributed by atoms with Crippen molar-refractivity contribution in [1.29, 1.82) is 0 Å². The summed E-state index contributed by atoms with van der Waals surface area (Å²) >= 11 is 0. The van der Waals surface area contributed by atoms with E-state index >= 15 is 0 Å². The number of methoxy groups -OCH3 is 1. The number of nitrogens with one attached hydrogen (secondary N) is 1. The van der Waals surface area contributed by atoms with E-state index in [0.29, 0.717) is 12.0 Å². The molecular formula is C13H21FN2O. The van der Waals surface area contributed by atoms with Crippen LogP contribution in [0.2, 0.25) is 0 Å². The number of benzene rings is 1. The molecule has 96 valence electrons. The molecule has 1 rings (SSSR count). The van der Waals surface area contributed by atoms with Gasteiger partial charge in [-0.1, -0.05) is 6.07 Å². The molecule has 0 spiro atoms. The fourth-order valence-electron chi connectivity index (χ4n) is 2.07. The summed E-state index contributed by atoms with van der Waals surface area (Å²) in [7, 11) is 1.64. The minimum absolute atomic E-state index is 0.0242. The quantitative estimate of drug-likeness (QED) is 0.613. The van der Waals surface area contributed by atoms with Gasteiger partial charge in [-0.05, 0) is 44.4 Å². The number of hydrogen-bond acceptors (Lipinski definition) is 3. The van der Waals surface area contributed by atoms with Crippen LogP contribution >= 0.6 is 0 Å². The van der Waals surface area contributed by atoms with E-state index in [4.69, 9.17) is 10.6 Å². The van der Waals surface area contributed by atoms with Crippen molar-refractivity contribution in [3.63, 3.8) is 0 Å². The molecular weight excluding hydrogens is 219 g/mol. The van der Waals surface area contributed by atoms with Crippen LogP contribution in [0.25, 0.3) is 0 Å².